The largest absolute Gasteiger partial charge is 0.418 e. The molecule has 0 saturated heterocycles. The summed E-state index contributed by atoms with van der Waals surface area (Å²) in [6.07, 6.45) is 0.0468. The van der Waals surface area contributed by atoms with Crippen molar-refractivity contribution < 1.29 is 13.2 Å². The number of halogens is 3. The van der Waals surface area contributed by atoms with Crippen molar-refractivity contribution in [3.05, 3.63) is 29.3 Å². The zero-order chi connectivity index (χ0) is 15.0. The van der Waals surface area contributed by atoms with Crippen LogP contribution in [0.25, 0.3) is 0 Å². The summed E-state index contributed by atoms with van der Waals surface area (Å²) in [7, 11) is 1.74. The monoisotopic (exact) mass is 298 g/mol. The molecular weight excluding hydrogens is 277 g/mol. The van der Waals surface area contributed by atoms with Crippen molar-refractivity contribution in [3.8, 4) is 0 Å². The van der Waals surface area contributed by atoms with Crippen molar-refractivity contribution in [2.45, 2.75) is 44.4 Å². The van der Waals surface area contributed by atoms with Crippen molar-refractivity contribution in [1.29, 1.82) is 0 Å². The van der Waals surface area contributed by atoms with Gasteiger partial charge in [0.15, 0.2) is 0 Å². The van der Waals surface area contributed by atoms with E-state index in [4.69, 9.17) is 0 Å². The molecule has 1 aromatic carbocycles. The number of nitrogens with zero attached hydrogens (tertiary/aromatic N) is 1. The predicted octanol–water partition coefficient (Wildman–Crippen LogP) is 3.80. The zero-order valence-electron chi connectivity index (χ0n) is 12.2. The third-order valence-corrected chi connectivity index (χ3v) is 4.20. The van der Waals surface area contributed by atoms with Gasteiger partial charge in [0.05, 0.1) is 5.56 Å². The molecule has 2 saturated carbocycles. The Balaban J connectivity index is 1.94. The van der Waals surface area contributed by atoms with Crippen LogP contribution in [0.1, 0.15) is 36.8 Å². The van der Waals surface area contributed by atoms with Gasteiger partial charge in [0.1, 0.15) is 0 Å². The van der Waals surface area contributed by atoms with E-state index in [1.807, 2.05) is 11.0 Å². The maximum absolute atomic E-state index is 13.4. The smallest absolute Gasteiger partial charge is 0.368 e. The number of rotatable bonds is 6. The maximum Gasteiger partial charge on any atom is 0.418 e. The van der Waals surface area contributed by atoms with E-state index in [1.54, 1.807) is 13.1 Å². The molecule has 0 atom stereocenters. The molecule has 0 radical (unpaired) electrons. The van der Waals surface area contributed by atoms with Crippen LogP contribution < -0.4 is 10.2 Å². The average molecular weight is 298 g/mol. The fraction of sp³-hybridized carbons (Fsp3) is 0.625. The topological polar surface area (TPSA) is 15.3 Å². The Labute approximate surface area is 123 Å². The molecule has 5 heteroatoms. The SMILES string of the molecule is CNCc1ccc(N(CC2CC2)C2CC2)c(C(F)(F)F)c1. The van der Waals surface area contributed by atoms with Gasteiger partial charge < -0.3 is 10.2 Å². The molecule has 0 aromatic heterocycles. The van der Waals surface area contributed by atoms with E-state index in [1.165, 1.54) is 6.07 Å². The second-order valence-electron chi connectivity index (χ2n) is 6.21. The van der Waals surface area contributed by atoms with E-state index in [9.17, 15) is 13.2 Å². The Bertz CT molecular complexity index is 505. The molecule has 1 aromatic rings. The minimum absolute atomic E-state index is 0.307. The Hall–Kier alpha value is -1.23. The van der Waals surface area contributed by atoms with Crippen molar-refractivity contribution >= 4 is 5.69 Å². The van der Waals surface area contributed by atoms with E-state index in [-0.39, 0.29) is 0 Å². The first-order chi connectivity index (χ1) is 9.99. The van der Waals surface area contributed by atoms with Crippen LogP contribution in [0.2, 0.25) is 0 Å². The summed E-state index contributed by atoms with van der Waals surface area (Å²) in [6.45, 7) is 1.23. The quantitative estimate of drug-likeness (QED) is 0.859. The van der Waals surface area contributed by atoms with Crippen LogP contribution in [0.3, 0.4) is 0 Å². The Morgan fingerprint density at radius 1 is 1.19 bits per heavy atom. The van der Waals surface area contributed by atoms with E-state index in [0.29, 0.717) is 29.8 Å². The summed E-state index contributed by atoms with van der Waals surface area (Å²) in [5, 5.41) is 2.91. The molecule has 2 aliphatic rings. The lowest BCUT2D eigenvalue weighted by Crippen LogP contribution is -2.30. The van der Waals surface area contributed by atoms with Gasteiger partial charge in [-0.25, -0.2) is 0 Å². The third-order valence-electron chi connectivity index (χ3n) is 4.20. The first kappa shape index (κ1) is 14.7. The van der Waals surface area contributed by atoms with E-state index in [2.05, 4.69) is 5.32 Å². The number of anilines is 1. The molecule has 0 aliphatic heterocycles. The van der Waals surface area contributed by atoms with Gasteiger partial charge in [-0.1, -0.05) is 6.07 Å². The lowest BCUT2D eigenvalue weighted by atomic mass is 10.1. The van der Waals surface area contributed by atoms with Crippen molar-refractivity contribution in [1.82, 2.24) is 5.32 Å². The zero-order valence-corrected chi connectivity index (χ0v) is 12.2. The van der Waals surface area contributed by atoms with Crippen LogP contribution in [0, 0.1) is 5.92 Å². The fourth-order valence-electron chi connectivity index (χ4n) is 2.78. The highest BCUT2D eigenvalue weighted by Gasteiger charge is 2.40. The van der Waals surface area contributed by atoms with Crippen LogP contribution in [0.15, 0.2) is 18.2 Å². The molecule has 0 heterocycles. The Morgan fingerprint density at radius 3 is 2.43 bits per heavy atom. The molecule has 0 bridgehead atoms. The molecule has 0 spiro atoms. The van der Waals surface area contributed by atoms with Gasteiger partial charge in [0.25, 0.3) is 0 Å². The highest BCUT2D eigenvalue weighted by Crippen LogP contribution is 2.43. The first-order valence-corrected chi connectivity index (χ1v) is 7.60. The lowest BCUT2D eigenvalue weighted by Gasteiger charge is -2.28. The van der Waals surface area contributed by atoms with E-state index >= 15 is 0 Å². The van der Waals surface area contributed by atoms with E-state index < -0.39 is 11.7 Å². The van der Waals surface area contributed by atoms with Gasteiger partial charge in [-0.2, -0.15) is 13.2 Å². The molecule has 3 rings (SSSR count). The second kappa shape index (κ2) is 5.52. The fourth-order valence-corrected chi connectivity index (χ4v) is 2.78. The molecule has 0 unspecified atom stereocenters. The Morgan fingerprint density at radius 2 is 1.90 bits per heavy atom. The number of benzene rings is 1. The summed E-state index contributed by atoms with van der Waals surface area (Å²) < 4.78 is 40.3. The molecule has 1 N–H and O–H groups in total. The summed E-state index contributed by atoms with van der Waals surface area (Å²) in [4.78, 5) is 2.00. The minimum atomic E-state index is -4.30. The van der Waals surface area contributed by atoms with Crippen LogP contribution in [0.5, 0.6) is 0 Å². The highest BCUT2D eigenvalue weighted by molar-refractivity contribution is 5.58. The highest BCUT2D eigenvalue weighted by atomic mass is 19.4. The van der Waals surface area contributed by atoms with Crippen molar-refractivity contribution in [3.63, 3.8) is 0 Å². The molecule has 2 aliphatic carbocycles. The van der Waals surface area contributed by atoms with Crippen molar-refractivity contribution in [2.75, 3.05) is 18.5 Å². The average Bonchev–Trinajstić information content (AvgIpc) is 3.28. The van der Waals surface area contributed by atoms with E-state index in [0.717, 1.165) is 32.2 Å². The summed E-state index contributed by atoms with van der Waals surface area (Å²) in [5.74, 6) is 0.587. The molecule has 2 fully saturated rings. The van der Waals surface area contributed by atoms with Gasteiger partial charge in [-0.3, -0.25) is 0 Å². The summed E-state index contributed by atoms with van der Waals surface area (Å²) in [5.41, 5.74) is 0.565. The molecule has 116 valence electrons. The van der Waals surface area contributed by atoms with Gasteiger partial charge in [0.2, 0.25) is 0 Å². The number of hydrogen-bond donors (Lipinski definition) is 1. The molecular formula is C16H21F3N2. The molecule has 2 nitrogen and oxygen atoms in total. The Kier molecular flexibility index (Phi) is 3.86. The second-order valence-corrected chi connectivity index (χ2v) is 6.21. The normalized spacial score (nSPS) is 18.9. The van der Waals surface area contributed by atoms with Crippen LogP contribution in [-0.4, -0.2) is 19.6 Å². The number of hydrogen-bond acceptors (Lipinski definition) is 2. The van der Waals surface area contributed by atoms with Crippen LogP contribution in [-0.2, 0) is 12.7 Å². The third kappa shape index (κ3) is 3.51. The summed E-state index contributed by atoms with van der Waals surface area (Å²) in [6, 6.07) is 5.08. The summed E-state index contributed by atoms with van der Waals surface area (Å²) >= 11 is 0. The standard InChI is InChI=1S/C16H21F3N2/c1-20-9-12-4-7-15(14(8-12)16(17,18)19)21(13-5-6-13)10-11-2-3-11/h4,7-8,11,13,20H,2-3,5-6,9-10H2,1H3. The van der Waals surface area contributed by atoms with Crippen LogP contribution >= 0.6 is 0 Å². The number of alkyl halides is 3. The van der Waals surface area contributed by atoms with Gasteiger partial charge in [-0.05, 0) is 56.3 Å². The van der Waals surface area contributed by atoms with Crippen LogP contribution in [0.4, 0.5) is 18.9 Å². The predicted molar refractivity (Wildman–Crippen MR) is 77.3 cm³/mol. The lowest BCUT2D eigenvalue weighted by molar-refractivity contribution is -0.137. The van der Waals surface area contributed by atoms with Gasteiger partial charge in [-0.15, -0.1) is 0 Å². The van der Waals surface area contributed by atoms with Crippen molar-refractivity contribution in [2.24, 2.45) is 5.92 Å². The minimum Gasteiger partial charge on any atom is -0.368 e. The molecule has 0 amide bonds. The van der Waals surface area contributed by atoms with Gasteiger partial charge >= 0.3 is 6.18 Å². The first-order valence-electron chi connectivity index (χ1n) is 7.60. The number of nitrogens with one attached hydrogen (secondary N) is 1. The van der Waals surface area contributed by atoms with Gasteiger partial charge in [0, 0.05) is 24.8 Å². The maximum atomic E-state index is 13.4. The molecule has 21 heavy (non-hydrogen) atoms.